The molecule has 0 radical (unpaired) electrons. The molecule has 1 saturated heterocycles. The van der Waals surface area contributed by atoms with Gasteiger partial charge in [-0.3, -0.25) is 9.59 Å². The van der Waals surface area contributed by atoms with Crippen molar-refractivity contribution in [1.29, 1.82) is 0 Å². The molecule has 1 heterocycles. The van der Waals surface area contributed by atoms with Crippen LogP contribution < -0.4 is 5.32 Å². The molecule has 2 aromatic carbocycles. The second kappa shape index (κ2) is 9.33. The van der Waals surface area contributed by atoms with Crippen LogP contribution in [0.2, 0.25) is 0 Å². The van der Waals surface area contributed by atoms with Crippen molar-refractivity contribution in [3.8, 4) is 11.1 Å². The molecular weight excluding hydrogens is 472 g/mol. The Hall–Kier alpha value is -3.40. The summed E-state index contributed by atoms with van der Waals surface area (Å²) in [5.74, 6) is -2.58. The summed E-state index contributed by atoms with van der Waals surface area (Å²) in [6.07, 6.45) is -1.28. The summed E-state index contributed by atoms with van der Waals surface area (Å²) in [5, 5.41) is 11.7. The number of carboxylic acid groups (broad SMARTS) is 1. The largest absolute Gasteiger partial charge is 0.481 e. The standard InChI is InChI=1S/C25H28N2O7S/c1-25(2,23(30)27-11-12-35(32,33)15-16(27)13-22(28)29)26-24(31)34-14-21-19-9-5-3-7-17(19)18-8-4-6-10-20(18)21/h3-10,16,21H,11-15H2,1-2H3,(H,26,31)(H,28,29). The number of nitrogens with zero attached hydrogens (tertiary/aromatic N) is 1. The van der Waals surface area contributed by atoms with Gasteiger partial charge in [0.15, 0.2) is 9.84 Å². The molecule has 35 heavy (non-hydrogen) atoms. The Bertz CT molecular complexity index is 1230. The number of aliphatic carboxylic acids is 1. The van der Waals surface area contributed by atoms with Crippen LogP contribution in [0, 0.1) is 0 Å². The van der Waals surface area contributed by atoms with Gasteiger partial charge < -0.3 is 20.1 Å². The highest BCUT2D eigenvalue weighted by atomic mass is 32.2. The Labute approximate surface area is 204 Å². The number of carbonyl (C=O) groups excluding carboxylic acids is 2. The van der Waals surface area contributed by atoms with Gasteiger partial charge in [0.2, 0.25) is 5.91 Å². The fraction of sp³-hybridized carbons (Fsp3) is 0.400. The number of carboxylic acids is 1. The molecule has 0 bridgehead atoms. The Kier molecular flexibility index (Phi) is 6.59. The number of benzene rings is 2. The lowest BCUT2D eigenvalue weighted by atomic mass is 9.98. The van der Waals surface area contributed by atoms with Gasteiger partial charge in [-0.05, 0) is 36.1 Å². The molecular formula is C25H28N2O7S. The van der Waals surface area contributed by atoms with Gasteiger partial charge in [-0.2, -0.15) is 0 Å². The molecule has 1 atom stereocenters. The molecule has 0 aromatic heterocycles. The van der Waals surface area contributed by atoms with E-state index in [1.54, 1.807) is 0 Å². The summed E-state index contributed by atoms with van der Waals surface area (Å²) in [5.41, 5.74) is 2.88. The Morgan fingerprint density at radius 1 is 1.06 bits per heavy atom. The highest BCUT2D eigenvalue weighted by molar-refractivity contribution is 7.91. The van der Waals surface area contributed by atoms with Gasteiger partial charge in [-0.1, -0.05) is 48.5 Å². The third kappa shape index (κ3) is 5.17. The number of alkyl carbamates (subject to hydrolysis) is 1. The molecule has 9 nitrogen and oxygen atoms in total. The molecule has 1 fully saturated rings. The molecule has 1 aliphatic carbocycles. The monoisotopic (exact) mass is 500 g/mol. The van der Waals surface area contributed by atoms with E-state index < -0.39 is 51.6 Å². The minimum atomic E-state index is -3.45. The molecule has 186 valence electrons. The third-order valence-electron chi connectivity index (χ3n) is 6.49. The average Bonchev–Trinajstić information content (AvgIpc) is 3.10. The van der Waals surface area contributed by atoms with Crippen LogP contribution in [0.5, 0.6) is 0 Å². The molecule has 10 heteroatoms. The van der Waals surface area contributed by atoms with E-state index >= 15 is 0 Å². The zero-order valence-corrected chi connectivity index (χ0v) is 20.4. The minimum Gasteiger partial charge on any atom is -0.481 e. The number of nitrogens with one attached hydrogen (secondary N) is 1. The van der Waals surface area contributed by atoms with E-state index in [0.29, 0.717) is 0 Å². The summed E-state index contributed by atoms with van der Waals surface area (Å²) >= 11 is 0. The molecule has 2 N–H and O–H groups in total. The van der Waals surface area contributed by atoms with Gasteiger partial charge in [0.1, 0.15) is 12.1 Å². The van der Waals surface area contributed by atoms with Gasteiger partial charge in [0.05, 0.1) is 24.0 Å². The highest BCUT2D eigenvalue weighted by Gasteiger charge is 2.42. The number of hydrogen-bond donors (Lipinski definition) is 2. The van der Waals surface area contributed by atoms with E-state index in [-0.39, 0.29) is 24.8 Å². The lowest BCUT2D eigenvalue weighted by Crippen LogP contribution is -2.62. The van der Waals surface area contributed by atoms with E-state index in [1.807, 2.05) is 48.5 Å². The lowest BCUT2D eigenvalue weighted by molar-refractivity contribution is -0.143. The number of hydrogen-bond acceptors (Lipinski definition) is 6. The zero-order valence-electron chi connectivity index (χ0n) is 19.6. The fourth-order valence-corrected chi connectivity index (χ4v) is 6.35. The van der Waals surface area contributed by atoms with Crippen molar-refractivity contribution >= 4 is 27.8 Å². The first kappa shape index (κ1) is 24.7. The first-order chi connectivity index (χ1) is 16.5. The van der Waals surface area contributed by atoms with Gasteiger partial charge >= 0.3 is 12.1 Å². The topological polar surface area (TPSA) is 130 Å². The maximum atomic E-state index is 13.2. The molecule has 1 unspecified atom stereocenters. The smallest absolute Gasteiger partial charge is 0.408 e. The maximum Gasteiger partial charge on any atom is 0.408 e. The Morgan fingerprint density at radius 3 is 2.20 bits per heavy atom. The zero-order chi connectivity index (χ0) is 25.4. The van der Waals surface area contributed by atoms with Crippen LogP contribution in [0.3, 0.4) is 0 Å². The Morgan fingerprint density at radius 2 is 1.63 bits per heavy atom. The molecule has 0 spiro atoms. The van der Waals surface area contributed by atoms with Crippen LogP contribution in [0.15, 0.2) is 48.5 Å². The molecule has 2 aromatic rings. The predicted molar refractivity (Wildman–Crippen MR) is 129 cm³/mol. The van der Waals surface area contributed by atoms with Crippen LogP contribution in [0.1, 0.15) is 37.3 Å². The van der Waals surface area contributed by atoms with Gasteiger partial charge in [-0.25, -0.2) is 13.2 Å². The van der Waals surface area contributed by atoms with E-state index in [2.05, 4.69) is 5.32 Å². The van der Waals surface area contributed by atoms with Crippen molar-refractivity contribution in [2.45, 2.75) is 37.8 Å². The summed E-state index contributed by atoms with van der Waals surface area (Å²) < 4.78 is 29.5. The van der Waals surface area contributed by atoms with Crippen molar-refractivity contribution in [2.75, 3.05) is 24.7 Å². The number of rotatable bonds is 6. The normalized spacial score (nSPS) is 18.9. The van der Waals surface area contributed by atoms with Crippen LogP contribution in [-0.4, -0.2) is 72.6 Å². The van der Waals surface area contributed by atoms with E-state index in [0.717, 1.165) is 22.3 Å². The van der Waals surface area contributed by atoms with Crippen molar-refractivity contribution < 1.29 is 32.6 Å². The van der Waals surface area contributed by atoms with Gasteiger partial charge in [-0.15, -0.1) is 0 Å². The van der Waals surface area contributed by atoms with E-state index in [9.17, 15) is 27.9 Å². The van der Waals surface area contributed by atoms with Gasteiger partial charge in [0.25, 0.3) is 0 Å². The summed E-state index contributed by atoms with van der Waals surface area (Å²) in [6.45, 7) is 2.91. The fourth-order valence-electron chi connectivity index (χ4n) is 4.83. The number of sulfone groups is 1. The number of fused-ring (bicyclic) bond motifs is 3. The first-order valence-corrected chi connectivity index (χ1v) is 13.2. The van der Waals surface area contributed by atoms with Crippen molar-refractivity contribution in [1.82, 2.24) is 10.2 Å². The average molecular weight is 501 g/mol. The summed E-state index contributed by atoms with van der Waals surface area (Å²) in [6, 6.07) is 14.9. The van der Waals surface area contributed by atoms with Crippen molar-refractivity contribution in [3.63, 3.8) is 0 Å². The SMILES string of the molecule is CC(C)(NC(=O)OCC1c2ccccc2-c2ccccc21)C(=O)N1CCS(=O)(=O)CC1CC(=O)O. The Balaban J connectivity index is 1.43. The van der Waals surface area contributed by atoms with Crippen molar-refractivity contribution in [2.24, 2.45) is 0 Å². The summed E-state index contributed by atoms with van der Waals surface area (Å²) in [7, 11) is -3.45. The highest BCUT2D eigenvalue weighted by Crippen LogP contribution is 2.44. The van der Waals surface area contributed by atoms with Crippen LogP contribution in [0.4, 0.5) is 4.79 Å². The lowest BCUT2D eigenvalue weighted by Gasteiger charge is -2.39. The van der Waals surface area contributed by atoms with Crippen LogP contribution in [0.25, 0.3) is 11.1 Å². The summed E-state index contributed by atoms with van der Waals surface area (Å²) in [4.78, 5) is 38.4. The minimum absolute atomic E-state index is 0.0771. The maximum absolute atomic E-state index is 13.2. The molecule has 2 aliphatic rings. The third-order valence-corrected chi connectivity index (χ3v) is 8.19. The van der Waals surface area contributed by atoms with Crippen LogP contribution >= 0.6 is 0 Å². The number of amides is 2. The number of carbonyl (C=O) groups is 3. The first-order valence-electron chi connectivity index (χ1n) is 11.3. The van der Waals surface area contributed by atoms with Gasteiger partial charge in [0, 0.05) is 12.5 Å². The van der Waals surface area contributed by atoms with Crippen LogP contribution in [-0.2, 0) is 24.2 Å². The second-order valence-electron chi connectivity index (χ2n) is 9.44. The second-order valence-corrected chi connectivity index (χ2v) is 11.7. The van der Waals surface area contributed by atoms with E-state index in [1.165, 1.54) is 18.7 Å². The molecule has 1 aliphatic heterocycles. The van der Waals surface area contributed by atoms with E-state index in [4.69, 9.17) is 4.74 Å². The predicted octanol–water partition coefficient (Wildman–Crippen LogP) is 2.40. The molecule has 2 amide bonds. The van der Waals surface area contributed by atoms with Crippen molar-refractivity contribution in [3.05, 3.63) is 59.7 Å². The molecule has 4 rings (SSSR count). The number of ether oxygens (including phenoxy) is 1. The molecule has 0 saturated carbocycles. The quantitative estimate of drug-likeness (QED) is 0.623.